The molecule has 2 aliphatic rings. The van der Waals surface area contributed by atoms with E-state index in [0.717, 1.165) is 68.0 Å². The van der Waals surface area contributed by atoms with E-state index in [0.29, 0.717) is 0 Å². The predicted molar refractivity (Wildman–Crippen MR) is 116 cm³/mol. The number of aryl methyl sites for hydroxylation is 1. The summed E-state index contributed by atoms with van der Waals surface area (Å²) in [6, 6.07) is 8.31. The van der Waals surface area contributed by atoms with E-state index in [9.17, 15) is 4.79 Å². The number of nitrogens with zero attached hydrogens (tertiary/aromatic N) is 3. The molecule has 1 aromatic heterocycles. The van der Waals surface area contributed by atoms with E-state index >= 15 is 0 Å². The molecule has 28 heavy (non-hydrogen) atoms. The van der Waals surface area contributed by atoms with E-state index in [1.807, 2.05) is 12.1 Å². The van der Waals surface area contributed by atoms with Crippen LogP contribution in [0.4, 0.5) is 11.5 Å². The number of pyridine rings is 1. The van der Waals surface area contributed by atoms with Crippen LogP contribution in [0, 0.1) is 12.8 Å². The van der Waals surface area contributed by atoms with E-state index in [1.165, 1.54) is 24.8 Å². The number of carbonyl (C=O) groups is 1. The Hall–Kier alpha value is -2.14. The first-order valence-electron chi connectivity index (χ1n) is 10.8. The number of nitrogens with one attached hydrogen (secondary N) is 1. The van der Waals surface area contributed by atoms with E-state index < -0.39 is 0 Å². The maximum absolute atomic E-state index is 12.6. The average Bonchev–Trinajstić information content (AvgIpc) is 2.74. The molecule has 2 aromatic rings. The van der Waals surface area contributed by atoms with Crippen molar-refractivity contribution >= 4 is 28.3 Å². The van der Waals surface area contributed by atoms with Crippen molar-refractivity contribution in [2.24, 2.45) is 5.92 Å². The van der Waals surface area contributed by atoms with Crippen LogP contribution in [-0.4, -0.2) is 48.5 Å². The number of hydrogen-bond donors (Lipinski definition) is 1. The number of benzene rings is 1. The molecule has 0 unspecified atom stereocenters. The molecule has 1 aliphatic heterocycles. The van der Waals surface area contributed by atoms with Crippen LogP contribution in [0.2, 0.25) is 0 Å². The van der Waals surface area contributed by atoms with Crippen LogP contribution < -0.4 is 10.2 Å². The van der Waals surface area contributed by atoms with Crippen LogP contribution in [0.5, 0.6) is 0 Å². The minimum atomic E-state index is 0.174. The molecule has 1 aliphatic carbocycles. The minimum absolute atomic E-state index is 0.174. The summed E-state index contributed by atoms with van der Waals surface area (Å²) in [5, 5.41) is 4.26. The molecular formula is C23H32N4O. The van der Waals surface area contributed by atoms with E-state index in [2.05, 4.69) is 41.1 Å². The highest BCUT2D eigenvalue weighted by Crippen LogP contribution is 2.28. The monoisotopic (exact) mass is 380 g/mol. The summed E-state index contributed by atoms with van der Waals surface area (Å²) in [5.41, 5.74) is 3.10. The lowest BCUT2D eigenvalue weighted by molar-refractivity contribution is -0.120. The molecule has 1 saturated carbocycles. The number of fused-ring (bicyclic) bond motifs is 1. The second kappa shape index (κ2) is 8.48. The molecule has 1 amide bonds. The Morgan fingerprint density at radius 2 is 1.86 bits per heavy atom. The van der Waals surface area contributed by atoms with Gasteiger partial charge in [0.25, 0.3) is 0 Å². The lowest BCUT2D eigenvalue weighted by Gasteiger charge is -2.35. The smallest absolute Gasteiger partial charge is 0.227 e. The summed E-state index contributed by atoms with van der Waals surface area (Å²) in [6.45, 7) is 9.74. The molecule has 0 bridgehead atoms. The van der Waals surface area contributed by atoms with Crippen molar-refractivity contribution in [2.45, 2.75) is 46.0 Å². The van der Waals surface area contributed by atoms with Crippen LogP contribution in [0.15, 0.2) is 24.3 Å². The highest BCUT2D eigenvalue weighted by atomic mass is 16.1. The minimum Gasteiger partial charge on any atom is -0.354 e. The van der Waals surface area contributed by atoms with Gasteiger partial charge in [0.05, 0.1) is 5.52 Å². The number of rotatable bonds is 4. The van der Waals surface area contributed by atoms with Gasteiger partial charge in [0.1, 0.15) is 5.82 Å². The van der Waals surface area contributed by atoms with Gasteiger partial charge in [-0.3, -0.25) is 4.79 Å². The summed E-state index contributed by atoms with van der Waals surface area (Å²) in [6.07, 6.45) is 5.66. The normalized spacial score (nSPS) is 19.1. The zero-order valence-electron chi connectivity index (χ0n) is 17.2. The van der Waals surface area contributed by atoms with Gasteiger partial charge >= 0.3 is 0 Å². The predicted octanol–water partition coefficient (Wildman–Crippen LogP) is 4.20. The molecule has 4 rings (SSSR count). The van der Waals surface area contributed by atoms with E-state index in [1.54, 1.807) is 0 Å². The zero-order valence-corrected chi connectivity index (χ0v) is 17.2. The number of anilines is 2. The molecule has 0 radical (unpaired) electrons. The molecule has 5 nitrogen and oxygen atoms in total. The van der Waals surface area contributed by atoms with Crippen molar-refractivity contribution in [2.75, 3.05) is 42.9 Å². The van der Waals surface area contributed by atoms with Crippen LogP contribution in [0.1, 0.15) is 44.6 Å². The van der Waals surface area contributed by atoms with Crippen LogP contribution in [0.3, 0.4) is 0 Å². The number of hydrogen-bond acceptors (Lipinski definition) is 4. The zero-order chi connectivity index (χ0) is 19.5. The number of likely N-dealkylation sites (N-methyl/N-ethyl adjacent to an activating group) is 1. The SMILES string of the molecule is CCN1CCN(c2cc(C)c3cc(NC(=O)C4CCCCC4)ccc3n2)CC1. The molecule has 2 fully saturated rings. The molecular weight excluding hydrogens is 348 g/mol. The van der Waals surface area contributed by atoms with Crippen molar-refractivity contribution in [3.05, 3.63) is 29.8 Å². The second-order valence-electron chi connectivity index (χ2n) is 8.27. The van der Waals surface area contributed by atoms with Crippen LogP contribution in [-0.2, 0) is 4.79 Å². The number of amides is 1. The molecule has 150 valence electrons. The van der Waals surface area contributed by atoms with Crippen LogP contribution >= 0.6 is 0 Å². The fourth-order valence-corrected chi connectivity index (χ4v) is 4.52. The topological polar surface area (TPSA) is 48.5 Å². The van der Waals surface area contributed by atoms with Crippen molar-refractivity contribution < 1.29 is 4.79 Å². The summed E-state index contributed by atoms with van der Waals surface area (Å²) in [4.78, 5) is 22.3. The quantitative estimate of drug-likeness (QED) is 0.863. The van der Waals surface area contributed by atoms with Gasteiger partial charge in [0.15, 0.2) is 0 Å². The largest absolute Gasteiger partial charge is 0.354 e. The van der Waals surface area contributed by atoms with Gasteiger partial charge in [0.2, 0.25) is 5.91 Å². The Labute approximate surface area is 168 Å². The molecule has 5 heteroatoms. The highest BCUT2D eigenvalue weighted by Gasteiger charge is 2.21. The molecule has 0 spiro atoms. The second-order valence-corrected chi connectivity index (χ2v) is 8.27. The standard InChI is InChI=1S/C23H32N4O/c1-3-26-11-13-27(14-12-26)22-15-17(2)20-16-19(9-10-21(20)25-22)24-23(28)18-7-5-4-6-8-18/h9-10,15-16,18H,3-8,11-14H2,1-2H3,(H,24,28). The van der Waals surface area contributed by atoms with Gasteiger partial charge in [-0.25, -0.2) is 4.98 Å². The Morgan fingerprint density at radius 3 is 2.57 bits per heavy atom. The maximum Gasteiger partial charge on any atom is 0.227 e. The van der Waals surface area contributed by atoms with Crippen molar-refractivity contribution in [3.8, 4) is 0 Å². The Kier molecular flexibility index (Phi) is 5.81. The fraction of sp³-hybridized carbons (Fsp3) is 0.565. The van der Waals surface area contributed by atoms with Gasteiger partial charge in [-0.1, -0.05) is 26.2 Å². The Bertz CT molecular complexity index is 836. The maximum atomic E-state index is 12.6. The summed E-state index contributed by atoms with van der Waals surface area (Å²) in [5.74, 6) is 1.42. The summed E-state index contributed by atoms with van der Waals surface area (Å²) >= 11 is 0. The Morgan fingerprint density at radius 1 is 1.11 bits per heavy atom. The van der Waals surface area contributed by atoms with Crippen molar-refractivity contribution in [1.82, 2.24) is 9.88 Å². The number of aromatic nitrogens is 1. The summed E-state index contributed by atoms with van der Waals surface area (Å²) < 4.78 is 0. The third-order valence-electron chi connectivity index (χ3n) is 6.39. The van der Waals surface area contributed by atoms with Crippen molar-refractivity contribution in [3.63, 3.8) is 0 Å². The van der Waals surface area contributed by atoms with Crippen molar-refractivity contribution in [1.29, 1.82) is 0 Å². The average molecular weight is 381 g/mol. The van der Waals surface area contributed by atoms with Gasteiger partial charge in [-0.05, 0) is 56.1 Å². The fourth-order valence-electron chi connectivity index (χ4n) is 4.52. The first kappa shape index (κ1) is 19.2. The van der Waals surface area contributed by atoms with E-state index in [-0.39, 0.29) is 11.8 Å². The number of piperazine rings is 1. The number of carbonyl (C=O) groups excluding carboxylic acids is 1. The molecule has 0 atom stereocenters. The van der Waals surface area contributed by atoms with Gasteiger partial charge in [0, 0.05) is 43.2 Å². The lowest BCUT2D eigenvalue weighted by Crippen LogP contribution is -2.46. The molecule has 1 N–H and O–H groups in total. The molecule has 2 heterocycles. The van der Waals surface area contributed by atoms with Crippen LogP contribution in [0.25, 0.3) is 10.9 Å². The van der Waals surface area contributed by atoms with Gasteiger partial charge in [-0.2, -0.15) is 0 Å². The third kappa shape index (κ3) is 4.14. The van der Waals surface area contributed by atoms with Gasteiger partial charge in [-0.15, -0.1) is 0 Å². The Balaban J connectivity index is 1.50. The van der Waals surface area contributed by atoms with Gasteiger partial charge < -0.3 is 15.1 Å². The third-order valence-corrected chi connectivity index (χ3v) is 6.39. The van der Waals surface area contributed by atoms with E-state index in [4.69, 9.17) is 4.98 Å². The first-order valence-corrected chi connectivity index (χ1v) is 10.8. The lowest BCUT2D eigenvalue weighted by atomic mass is 9.88. The molecule has 1 saturated heterocycles. The summed E-state index contributed by atoms with van der Waals surface area (Å²) in [7, 11) is 0. The first-order chi connectivity index (χ1) is 13.6. The highest BCUT2D eigenvalue weighted by molar-refractivity contribution is 5.96. The molecule has 1 aromatic carbocycles.